The van der Waals surface area contributed by atoms with Gasteiger partial charge in [0.05, 0.1) is 11.8 Å². The van der Waals surface area contributed by atoms with Crippen molar-refractivity contribution in [2.45, 2.75) is 12.7 Å². The second kappa shape index (κ2) is 10.6. The molecule has 0 atom stereocenters. The number of nitrogens with two attached hydrogens (primary N) is 1. The van der Waals surface area contributed by atoms with Crippen molar-refractivity contribution in [3.63, 3.8) is 0 Å². The van der Waals surface area contributed by atoms with Crippen LogP contribution in [0.3, 0.4) is 0 Å². The molecule has 5 N–H and O–H groups in total. The molecule has 0 fully saturated rings. The van der Waals surface area contributed by atoms with E-state index in [1.54, 1.807) is 12.1 Å². The third kappa shape index (κ3) is 7.69. The molecule has 11 heteroatoms. The molecule has 2 rings (SSSR count). The summed E-state index contributed by atoms with van der Waals surface area (Å²) in [4.78, 5) is 0. The third-order valence-corrected chi connectivity index (χ3v) is 4.38. The number of hydrazone groups is 1. The molecule has 0 aliphatic carbocycles. The third-order valence-electron chi connectivity index (χ3n) is 3.70. The number of benzene rings is 2. The SMILES string of the molecule is NC(=S)N/N=C/c1ccc(NCCNCc2ccc(Cl)cc2Cl)cc1C(F)(F)F. The molecule has 2 aromatic carbocycles. The Hall–Kier alpha value is -2.07. The molecule has 156 valence electrons. The van der Waals surface area contributed by atoms with Crippen LogP contribution in [0.4, 0.5) is 18.9 Å². The van der Waals surface area contributed by atoms with E-state index in [9.17, 15) is 13.2 Å². The molecule has 0 spiro atoms. The van der Waals surface area contributed by atoms with Crippen LogP contribution < -0.4 is 21.8 Å². The number of alkyl halides is 3. The number of anilines is 1. The molecule has 0 heterocycles. The van der Waals surface area contributed by atoms with Crippen molar-refractivity contribution in [1.82, 2.24) is 10.7 Å². The standard InChI is InChI=1S/C18H18Cl2F3N5S/c19-13-3-1-12(16(20)7-13)9-25-5-6-26-14-4-2-11(10-27-28-17(24)29)15(8-14)18(21,22)23/h1-4,7-8,10,25-26H,5-6,9H2,(H3,24,28,29)/b27-10+. The van der Waals surface area contributed by atoms with E-state index in [1.807, 2.05) is 6.07 Å². The smallest absolute Gasteiger partial charge is 0.384 e. The van der Waals surface area contributed by atoms with Crippen molar-refractivity contribution < 1.29 is 13.2 Å². The lowest BCUT2D eigenvalue weighted by atomic mass is 10.1. The van der Waals surface area contributed by atoms with Gasteiger partial charge in [-0.3, -0.25) is 5.43 Å². The monoisotopic (exact) mass is 463 g/mol. The molecule has 0 saturated carbocycles. The van der Waals surface area contributed by atoms with E-state index in [2.05, 4.69) is 33.4 Å². The normalized spacial score (nSPS) is 11.6. The maximum atomic E-state index is 13.3. The minimum absolute atomic E-state index is 0.109. The molecule has 5 nitrogen and oxygen atoms in total. The first-order valence-electron chi connectivity index (χ1n) is 8.35. The lowest BCUT2D eigenvalue weighted by Gasteiger charge is -2.14. The second-order valence-electron chi connectivity index (χ2n) is 5.87. The van der Waals surface area contributed by atoms with E-state index < -0.39 is 11.7 Å². The summed E-state index contributed by atoms with van der Waals surface area (Å²) < 4.78 is 39.9. The summed E-state index contributed by atoms with van der Waals surface area (Å²) in [5.74, 6) is 0. The highest BCUT2D eigenvalue weighted by Crippen LogP contribution is 2.33. The minimum Gasteiger partial charge on any atom is -0.384 e. The number of rotatable bonds is 8. The van der Waals surface area contributed by atoms with Gasteiger partial charge in [0.2, 0.25) is 0 Å². The highest BCUT2D eigenvalue weighted by Gasteiger charge is 2.33. The van der Waals surface area contributed by atoms with Crippen LogP contribution >= 0.6 is 35.4 Å². The molecule has 0 amide bonds. The number of nitrogens with zero attached hydrogens (tertiary/aromatic N) is 1. The van der Waals surface area contributed by atoms with Gasteiger partial charge in [-0.25, -0.2) is 0 Å². The quantitative estimate of drug-likeness (QED) is 0.202. The number of hydrogen-bond acceptors (Lipinski definition) is 4. The van der Waals surface area contributed by atoms with Gasteiger partial charge >= 0.3 is 6.18 Å². The number of hydrogen-bond donors (Lipinski definition) is 4. The molecular formula is C18H18Cl2F3N5S. The van der Waals surface area contributed by atoms with Gasteiger partial charge in [-0.15, -0.1) is 0 Å². The Bertz CT molecular complexity index is 890. The summed E-state index contributed by atoms with van der Waals surface area (Å²) in [6.45, 7) is 1.44. The predicted octanol–water partition coefficient (Wildman–Crippen LogP) is 4.38. The van der Waals surface area contributed by atoms with Crippen LogP contribution in [0.5, 0.6) is 0 Å². The van der Waals surface area contributed by atoms with E-state index in [-0.39, 0.29) is 10.7 Å². The van der Waals surface area contributed by atoms with Crippen molar-refractivity contribution >= 4 is 52.4 Å². The highest BCUT2D eigenvalue weighted by atomic mass is 35.5. The van der Waals surface area contributed by atoms with Gasteiger partial charge in [0, 0.05) is 40.9 Å². The Morgan fingerprint density at radius 2 is 1.90 bits per heavy atom. The molecule has 0 radical (unpaired) electrons. The zero-order valence-corrected chi connectivity index (χ0v) is 17.3. The van der Waals surface area contributed by atoms with E-state index in [1.165, 1.54) is 12.1 Å². The fourth-order valence-electron chi connectivity index (χ4n) is 2.37. The van der Waals surface area contributed by atoms with E-state index >= 15 is 0 Å². The van der Waals surface area contributed by atoms with Crippen molar-refractivity contribution in [1.29, 1.82) is 0 Å². The fraction of sp³-hybridized carbons (Fsp3) is 0.222. The van der Waals surface area contributed by atoms with Crippen LogP contribution in [0.2, 0.25) is 10.0 Å². The van der Waals surface area contributed by atoms with Crippen LogP contribution in [0, 0.1) is 0 Å². The lowest BCUT2D eigenvalue weighted by molar-refractivity contribution is -0.137. The van der Waals surface area contributed by atoms with Gasteiger partial charge in [-0.05, 0) is 42.0 Å². The Kier molecular flexibility index (Phi) is 8.51. The summed E-state index contributed by atoms with van der Waals surface area (Å²) >= 11 is 16.5. The fourth-order valence-corrected chi connectivity index (χ4v) is 2.90. The number of halogens is 5. The van der Waals surface area contributed by atoms with Crippen molar-refractivity contribution in [3.05, 3.63) is 63.1 Å². The minimum atomic E-state index is -4.54. The molecule has 0 unspecified atom stereocenters. The van der Waals surface area contributed by atoms with Gasteiger partial charge in [0.15, 0.2) is 5.11 Å². The summed E-state index contributed by atoms with van der Waals surface area (Å²) in [6, 6.07) is 9.08. The Morgan fingerprint density at radius 3 is 2.55 bits per heavy atom. The van der Waals surface area contributed by atoms with Crippen LogP contribution in [-0.4, -0.2) is 24.4 Å². The molecule has 0 aromatic heterocycles. The van der Waals surface area contributed by atoms with E-state index in [4.69, 9.17) is 28.9 Å². The molecule has 0 aliphatic rings. The molecule has 29 heavy (non-hydrogen) atoms. The average molecular weight is 464 g/mol. The first-order chi connectivity index (χ1) is 13.7. The predicted molar refractivity (Wildman–Crippen MR) is 116 cm³/mol. The van der Waals surface area contributed by atoms with Gasteiger partial charge in [-0.2, -0.15) is 18.3 Å². The zero-order valence-electron chi connectivity index (χ0n) is 15.0. The first-order valence-corrected chi connectivity index (χ1v) is 9.51. The van der Waals surface area contributed by atoms with Gasteiger partial charge in [0.1, 0.15) is 0 Å². The number of nitrogens with one attached hydrogen (secondary N) is 3. The van der Waals surface area contributed by atoms with Crippen molar-refractivity contribution in [2.75, 3.05) is 18.4 Å². The number of thiocarbonyl (C=S) groups is 1. The van der Waals surface area contributed by atoms with Gasteiger partial charge < -0.3 is 16.4 Å². The Morgan fingerprint density at radius 1 is 1.14 bits per heavy atom. The van der Waals surface area contributed by atoms with E-state index in [0.717, 1.165) is 17.8 Å². The van der Waals surface area contributed by atoms with Crippen molar-refractivity contribution in [3.8, 4) is 0 Å². The average Bonchev–Trinajstić information content (AvgIpc) is 2.62. The summed E-state index contributed by atoms with van der Waals surface area (Å²) in [5, 5.41) is 10.7. The van der Waals surface area contributed by atoms with Gasteiger partial charge in [0.25, 0.3) is 0 Å². The van der Waals surface area contributed by atoms with Crippen LogP contribution in [-0.2, 0) is 12.7 Å². The largest absolute Gasteiger partial charge is 0.417 e. The highest BCUT2D eigenvalue weighted by molar-refractivity contribution is 7.80. The van der Waals surface area contributed by atoms with Crippen LogP contribution in [0.1, 0.15) is 16.7 Å². The maximum Gasteiger partial charge on any atom is 0.417 e. The molecule has 0 saturated heterocycles. The topological polar surface area (TPSA) is 74.5 Å². The zero-order chi connectivity index (χ0) is 21.4. The van der Waals surface area contributed by atoms with Crippen LogP contribution in [0.25, 0.3) is 0 Å². The molecular weight excluding hydrogens is 446 g/mol. The summed E-state index contributed by atoms with van der Waals surface area (Å²) in [6.07, 6.45) is -3.52. The molecule has 0 aliphatic heterocycles. The Balaban J connectivity index is 1.93. The van der Waals surface area contributed by atoms with Gasteiger partial charge in [-0.1, -0.05) is 35.3 Å². The maximum absolute atomic E-state index is 13.3. The molecule has 0 bridgehead atoms. The lowest BCUT2D eigenvalue weighted by Crippen LogP contribution is -2.24. The summed E-state index contributed by atoms with van der Waals surface area (Å²) in [5.41, 5.74) is 7.70. The van der Waals surface area contributed by atoms with Crippen molar-refractivity contribution in [2.24, 2.45) is 10.8 Å². The second-order valence-corrected chi connectivity index (χ2v) is 7.16. The van der Waals surface area contributed by atoms with E-state index in [0.29, 0.717) is 35.4 Å². The molecule has 2 aromatic rings. The van der Waals surface area contributed by atoms with Crippen LogP contribution in [0.15, 0.2) is 41.5 Å². The Labute approximate surface area is 181 Å². The summed E-state index contributed by atoms with van der Waals surface area (Å²) in [7, 11) is 0. The first kappa shape index (κ1) is 23.2.